The Kier molecular flexibility index (Phi) is 6.95. The molecule has 96 valence electrons. The van der Waals surface area contributed by atoms with E-state index < -0.39 is 0 Å². The first-order chi connectivity index (χ1) is 7.05. The number of carbonyl (C=O) groups is 1. The van der Waals surface area contributed by atoms with Crippen molar-refractivity contribution < 1.29 is 9.53 Å². The van der Waals surface area contributed by atoms with E-state index in [0.717, 1.165) is 19.4 Å². The summed E-state index contributed by atoms with van der Waals surface area (Å²) in [5, 5.41) is 6.14. The van der Waals surface area contributed by atoms with E-state index in [9.17, 15) is 4.79 Å². The van der Waals surface area contributed by atoms with E-state index >= 15 is 0 Å². The van der Waals surface area contributed by atoms with Crippen molar-refractivity contribution in [2.45, 2.75) is 44.8 Å². The first kappa shape index (κ1) is 15.7. The van der Waals surface area contributed by atoms with Crippen molar-refractivity contribution in [1.82, 2.24) is 10.6 Å². The van der Waals surface area contributed by atoms with Crippen molar-refractivity contribution >= 4 is 18.3 Å². The van der Waals surface area contributed by atoms with E-state index in [1.807, 2.05) is 13.8 Å². The molecule has 1 fully saturated rings. The minimum Gasteiger partial charge on any atom is -0.377 e. The summed E-state index contributed by atoms with van der Waals surface area (Å²) >= 11 is 0. The smallest absolute Gasteiger partial charge is 0.237 e. The van der Waals surface area contributed by atoms with Gasteiger partial charge in [-0.25, -0.2) is 0 Å². The quantitative estimate of drug-likeness (QED) is 0.786. The Morgan fingerprint density at radius 1 is 1.50 bits per heavy atom. The predicted molar refractivity (Wildman–Crippen MR) is 67.0 cm³/mol. The van der Waals surface area contributed by atoms with Gasteiger partial charge in [-0.1, -0.05) is 6.42 Å². The average Bonchev–Trinajstić information content (AvgIpc) is 2.27. The molecule has 4 nitrogen and oxygen atoms in total. The van der Waals surface area contributed by atoms with Gasteiger partial charge in [0.25, 0.3) is 0 Å². The number of nitrogens with one attached hydrogen (secondary N) is 2. The summed E-state index contributed by atoms with van der Waals surface area (Å²) in [5.74, 6) is 0.0971. The van der Waals surface area contributed by atoms with Crippen LogP contribution in [0.2, 0.25) is 0 Å². The summed E-state index contributed by atoms with van der Waals surface area (Å²) in [6.07, 6.45) is 3.26. The van der Waals surface area contributed by atoms with Crippen LogP contribution in [0.25, 0.3) is 0 Å². The molecule has 2 N–H and O–H groups in total. The molecule has 1 aliphatic heterocycles. The molecule has 0 aliphatic carbocycles. The number of carbonyl (C=O) groups excluding carboxylic acids is 1. The molecule has 1 atom stereocenters. The fourth-order valence-electron chi connectivity index (χ4n) is 1.57. The van der Waals surface area contributed by atoms with Gasteiger partial charge in [-0.2, -0.15) is 0 Å². The molecule has 1 saturated heterocycles. The molecule has 1 aliphatic rings. The Morgan fingerprint density at radius 2 is 2.19 bits per heavy atom. The molecule has 16 heavy (non-hydrogen) atoms. The standard InChI is InChI=1S/C11H22N2O2.ClH/c1-11(2,15-3)8-13-10(14)9-6-4-5-7-12-9;/h9,12H,4-8H2,1-3H3,(H,13,14);1H/t9-;/m0./s1. The highest BCUT2D eigenvalue weighted by Crippen LogP contribution is 2.08. The van der Waals surface area contributed by atoms with E-state index in [-0.39, 0.29) is 30.0 Å². The SMILES string of the molecule is COC(C)(C)CNC(=O)[C@@H]1CCCCN1.Cl. The molecule has 0 aromatic carbocycles. The van der Waals surface area contributed by atoms with Gasteiger partial charge in [0.1, 0.15) is 0 Å². The van der Waals surface area contributed by atoms with E-state index in [0.29, 0.717) is 6.54 Å². The van der Waals surface area contributed by atoms with Gasteiger partial charge in [0.2, 0.25) is 5.91 Å². The van der Waals surface area contributed by atoms with Gasteiger partial charge in [-0.3, -0.25) is 4.79 Å². The molecule has 1 rings (SSSR count). The van der Waals surface area contributed by atoms with Gasteiger partial charge in [-0.05, 0) is 33.2 Å². The number of hydrogen-bond acceptors (Lipinski definition) is 3. The van der Waals surface area contributed by atoms with Gasteiger partial charge in [0.15, 0.2) is 0 Å². The number of hydrogen-bond donors (Lipinski definition) is 2. The molecule has 0 aromatic heterocycles. The third kappa shape index (κ3) is 5.14. The number of methoxy groups -OCH3 is 1. The van der Waals surface area contributed by atoms with E-state index in [4.69, 9.17) is 4.74 Å². The van der Waals surface area contributed by atoms with E-state index in [1.165, 1.54) is 6.42 Å². The summed E-state index contributed by atoms with van der Waals surface area (Å²) < 4.78 is 5.24. The van der Waals surface area contributed by atoms with Crippen molar-refractivity contribution in [2.24, 2.45) is 0 Å². The van der Waals surface area contributed by atoms with Crippen LogP contribution in [0.4, 0.5) is 0 Å². The first-order valence-electron chi connectivity index (χ1n) is 5.61. The first-order valence-corrected chi connectivity index (χ1v) is 5.61. The zero-order chi connectivity index (χ0) is 11.3. The van der Waals surface area contributed by atoms with Crippen molar-refractivity contribution in [1.29, 1.82) is 0 Å². The highest BCUT2D eigenvalue weighted by Gasteiger charge is 2.23. The zero-order valence-electron chi connectivity index (χ0n) is 10.3. The van der Waals surface area contributed by atoms with Crippen molar-refractivity contribution in [2.75, 3.05) is 20.2 Å². The van der Waals surface area contributed by atoms with E-state index in [2.05, 4.69) is 10.6 Å². The maximum absolute atomic E-state index is 11.7. The Labute approximate surface area is 104 Å². The van der Waals surface area contributed by atoms with E-state index in [1.54, 1.807) is 7.11 Å². The Balaban J connectivity index is 0.00000225. The monoisotopic (exact) mass is 250 g/mol. The molecule has 1 heterocycles. The number of amides is 1. The van der Waals surface area contributed by atoms with Crippen LogP contribution < -0.4 is 10.6 Å². The lowest BCUT2D eigenvalue weighted by Crippen LogP contribution is -2.50. The molecule has 1 amide bonds. The minimum atomic E-state index is -0.287. The highest BCUT2D eigenvalue weighted by atomic mass is 35.5. The molecule has 0 unspecified atom stereocenters. The third-order valence-corrected chi connectivity index (χ3v) is 2.87. The second-order valence-corrected chi connectivity index (χ2v) is 4.68. The largest absolute Gasteiger partial charge is 0.377 e. The Morgan fingerprint density at radius 3 is 2.69 bits per heavy atom. The summed E-state index contributed by atoms with van der Waals surface area (Å²) in [5.41, 5.74) is -0.287. The van der Waals surface area contributed by atoms with Crippen LogP contribution in [-0.4, -0.2) is 37.7 Å². The van der Waals surface area contributed by atoms with Gasteiger partial charge in [-0.15, -0.1) is 12.4 Å². The molecule has 5 heteroatoms. The number of piperidine rings is 1. The zero-order valence-corrected chi connectivity index (χ0v) is 11.2. The molecule has 0 radical (unpaired) electrons. The van der Waals surface area contributed by atoms with Gasteiger partial charge in [0.05, 0.1) is 11.6 Å². The van der Waals surface area contributed by atoms with Crippen LogP contribution in [0, 0.1) is 0 Å². The number of halogens is 1. The van der Waals surface area contributed by atoms with Crippen molar-refractivity contribution in [3.05, 3.63) is 0 Å². The van der Waals surface area contributed by atoms with Crippen molar-refractivity contribution in [3.63, 3.8) is 0 Å². The second-order valence-electron chi connectivity index (χ2n) is 4.68. The summed E-state index contributed by atoms with van der Waals surface area (Å²) in [4.78, 5) is 11.7. The Bertz CT molecular complexity index is 216. The maximum Gasteiger partial charge on any atom is 0.237 e. The number of rotatable bonds is 4. The molecule has 0 aromatic rings. The molecular formula is C11H23ClN2O2. The van der Waals surface area contributed by atoms with Crippen LogP contribution in [0.15, 0.2) is 0 Å². The van der Waals surface area contributed by atoms with Gasteiger partial charge < -0.3 is 15.4 Å². The van der Waals surface area contributed by atoms with Gasteiger partial charge in [0, 0.05) is 13.7 Å². The van der Waals surface area contributed by atoms with Crippen LogP contribution in [-0.2, 0) is 9.53 Å². The molecule has 0 saturated carbocycles. The molecule has 0 bridgehead atoms. The summed E-state index contributed by atoms with van der Waals surface area (Å²) in [6, 6.07) is -0.00796. The fourth-order valence-corrected chi connectivity index (χ4v) is 1.57. The molecule has 0 spiro atoms. The lowest BCUT2D eigenvalue weighted by atomic mass is 10.0. The van der Waals surface area contributed by atoms with Crippen LogP contribution in [0.1, 0.15) is 33.1 Å². The van der Waals surface area contributed by atoms with Crippen molar-refractivity contribution in [3.8, 4) is 0 Å². The molecular weight excluding hydrogens is 228 g/mol. The van der Waals surface area contributed by atoms with Gasteiger partial charge >= 0.3 is 0 Å². The lowest BCUT2D eigenvalue weighted by molar-refractivity contribution is -0.124. The highest BCUT2D eigenvalue weighted by molar-refractivity contribution is 5.85. The predicted octanol–water partition coefficient (Wildman–Crippen LogP) is 1.09. The maximum atomic E-state index is 11.7. The van der Waals surface area contributed by atoms with Crippen LogP contribution >= 0.6 is 12.4 Å². The average molecular weight is 251 g/mol. The number of ether oxygens (including phenoxy) is 1. The second kappa shape index (κ2) is 7.09. The Hall–Kier alpha value is -0.320. The normalized spacial score (nSPS) is 21.1. The van der Waals surface area contributed by atoms with Crippen LogP contribution in [0.3, 0.4) is 0 Å². The topological polar surface area (TPSA) is 50.4 Å². The van der Waals surface area contributed by atoms with Crippen LogP contribution in [0.5, 0.6) is 0 Å². The fraction of sp³-hybridized carbons (Fsp3) is 0.909. The minimum absolute atomic E-state index is 0. The lowest BCUT2D eigenvalue weighted by Gasteiger charge is -2.26. The summed E-state index contributed by atoms with van der Waals surface area (Å²) in [6.45, 7) is 5.43. The third-order valence-electron chi connectivity index (χ3n) is 2.87. The summed E-state index contributed by atoms with van der Waals surface area (Å²) in [7, 11) is 1.66.